The second kappa shape index (κ2) is 24.3. The fourth-order valence-electron chi connectivity index (χ4n) is 5.85. The molecule has 0 aliphatic carbocycles. The molecule has 0 saturated carbocycles. The monoisotopic (exact) mass is 802 g/mol. The van der Waals surface area contributed by atoms with Gasteiger partial charge in [-0.05, 0) is 123 Å². The van der Waals surface area contributed by atoms with Crippen molar-refractivity contribution in [1.29, 1.82) is 0 Å². The summed E-state index contributed by atoms with van der Waals surface area (Å²) in [6.07, 6.45) is 14.1. The molecule has 10 nitrogen and oxygen atoms in total. The van der Waals surface area contributed by atoms with Gasteiger partial charge in [0.25, 0.3) is 0 Å². The minimum Gasteiger partial charge on any atom is -0.494 e. The number of sulfone groups is 2. The summed E-state index contributed by atoms with van der Waals surface area (Å²) in [4.78, 5) is 0.644. The Labute approximate surface area is 334 Å². The molecular formula is C44H58N4O6S2. The average molecular weight is 803 g/mol. The van der Waals surface area contributed by atoms with Crippen LogP contribution in [0.15, 0.2) is 127 Å². The Kier molecular flexibility index (Phi) is 19.2. The van der Waals surface area contributed by atoms with Crippen LogP contribution >= 0.6 is 0 Å². The zero-order valence-electron chi connectivity index (χ0n) is 33.0. The van der Waals surface area contributed by atoms with E-state index < -0.39 is 19.7 Å². The summed E-state index contributed by atoms with van der Waals surface area (Å²) in [6.45, 7) is 5.43. The van der Waals surface area contributed by atoms with E-state index in [0.717, 1.165) is 62.9 Å². The second-order valence-corrected chi connectivity index (χ2v) is 18.2. The van der Waals surface area contributed by atoms with Gasteiger partial charge in [-0.15, -0.1) is 0 Å². The molecule has 0 aliphatic heterocycles. The number of ether oxygens (including phenoxy) is 2. The van der Waals surface area contributed by atoms with Crippen molar-refractivity contribution in [3.05, 3.63) is 97.1 Å². The molecular weight excluding hydrogens is 745 g/mol. The van der Waals surface area contributed by atoms with Crippen LogP contribution in [-0.4, -0.2) is 41.6 Å². The molecule has 0 amide bonds. The van der Waals surface area contributed by atoms with Gasteiger partial charge in [0.05, 0.1) is 57.3 Å². The van der Waals surface area contributed by atoms with Crippen molar-refractivity contribution in [3.63, 3.8) is 0 Å². The van der Waals surface area contributed by atoms with E-state index in [1.54, 1.807) is 48.5 Å². The molecule has 302 valence electrons. The topological polar surface area (TPSA) is 136 Å². The molecule has 0 aromatic heterocycles. The predicted molar refractivity (Wildman–Crippen MR) is 225 cm³/mol. The first-order valence-corrected chi connectivity index (χ1v) is 23.4. The molecule has 0 fully saturated rings. The highest BCUT2D eigenvalue weighted by Gasteiger charge is 2.15. The summed E-state index contributed by atoms with van der Waals surface area (Å²) in [5.41, 5.74) is 2.50. The summed E-state index contributed by atoms with van der Waals surface area (Å²) < 4.78 is 62.4. The lowest BCUT2D eigenvalue weighted by molar-refractivity contribution is 0.266. The first-order chi connectivity index (χ1) is 27.2. The van der Waals surface area contributed by atoms with Gasteiger partial charge in [0.1, 0.15) is 11.5 Å². The Morgan fingerprint density at radius 1 is 0.375 bits per heavy atom. The van der Waals surface area contributed by atoms with Crippen LogP contribution in [-0.2, 0) is 19.7 Å². The fraction of sp³-hybridized carbons (Fsp3) is 0.455. The van der Waals surface area contributed by atoms with Crippen LogP contribution in [0.5, 0.6) is 11.5 Å². The van der Waals surface area contributed by atoms with E-state index in [9.17, 15) is 16.8 Å². The summed E-state index contributed by atoms with van der Waals surface area (Å²) >= 11 is 0. The molecule has 0 radical (unpaired) electrons. The predicted octanol–water partition coefficient (Wildman–Crippen LogP) is 13.0. The molecule has 12 heteroatoms. The highest BCUT2D eigenvalue weighted by Crippen LogP contribution is 2.25. The fourth-order valence-corrected chi connectivity index (χ4v) is 8.60. The number of rotatable bonds is 27. The Hall–Kier alpha value is -4.42. The number of hydrogen-bond acceptors (Lipinski definition) is 10. The molecule has 0 N–H and O–H groups in total. The first-order valence-electron chi connectivity index (χ1n) is 20.1. The van der Waals surface area contributed by atoms with Crippen LogP contribution in [0.4, 0.5) is 22.7 Å². The summed E-state index contributed by atoms with van der Waals surface area (Å²) in [7, 11) is -6.59. The van der Waals surface area contributed by atoms with Gasteiger partial charge in [-0.1, -0.05) is 78.1 Å². The van der Waals surface area contributed by atoms with Gasteiger partial charge >= 0.3 is 0 Å². The molecule has 0 heterocycles. The van der Waals surface area contributed by atoms with Crippen LogP contribution in [0.25, 0.3) is 0 Å². The maximum absolute atomic E-state index is 12.7. The third-order valence-electron chi connectivity index (χ3n) is 9.24. The van der Waals surface area contributed by atoms with Crippen molar-refractivity contribution in [2.75, 3.05) is 24.7 Å². The number of benzene rings is 4. The lowest BCUT2D eigenvalue weighted by Crippen LogP contribution is -2.06. The zero-order valence-corrected chi connectivity index (χ0v) is 34.7. The lowest BCUT2D eigenvalue weighted by atomic mass is 10.1. The molecule has 0 unspecified atom stereocenters. The smallest absolute Gasteiger partial charge is 0.178 e. The van der Waals surface area contributed by atoms with E-state index in [-0.39, 0.29) is 11.5 Å². The van der Waals surface area contributed by atoms with Crippen LogP contribution in [0.1, 0.15) is 104 Å². The number of azo groups is 2. The maximum Gasteiger partial charge on any atom is 0.178 e. The standard InChI is InChI=1S/C44H58N4O6S2/c1-3-5-7-9-11-15-35-55(49,50)43-29-21-39(22-30-43)47-45-37-17-25-41(26-18-37)53-33-13-14-34-54-42-27-19-38(20-28-42)46-48-40-23-31-44(32-24-40)56(51,52)36-16-12-10-8-6-4-2/h17-32H,3-16,33-36H2,1-2H3. The van der Waals surface area contributed by atoms with Crippen molar-refractivity contribution < 1.29 is 26.3 Å². The second-order valence-electron chi connectivity index (χ2n) is 14.0. The maximum atomic E-state index is 12.7. The van der Waals surface area contributed by atoms with Gasteiger partial charge in [-0.3, -0.25) is 0 Å². The van der Waals surface area contributed by atoms with E-state index in [1.807, 2.05) is 48.5 Å². The van der Waals surface area contributed by atoms with Gasteiger partial charge < -0.3 is 9.47 Å². The van der Waals surface area contributed by atoms with Crippen molar-refractivity contribution >= 4 is 42.4 Å². The molecule has 0 spiro atoms. The lowest BCUT2D eigenvalue weighted by Gasteiger charge is -2.08. The summed E-state index contributed by atoms with van der Waals surface area (Å²) in [5, 5.41) is 17.1. The third kappa shape index (κ3) is 16.4. The van der Waals surface area contributed by atoms with Crippen molar-refractivity contribution in [3.8, 4) is 11.5 Å². The van der Waals surface area contributed by atoms with E-state index >= 15 is 0 Å². The van der Waals surface area contributed by atoms with Gasteiger partial charge in [-0.2, -0.15) is 20.5 Å². The minimum atomic E-state index is -3.30. The molecule has 0 atom stereocenters. The normalized spacial score (nSPS) is 12.1. The number of hydrogen-bond donors (Lipinski definition) is 0. The minimum absolute atomic E-state index is 0.170. The van der Waals surface area contributed by atoms with Gasteiger partial charge in [0.2, 0.25) is 0 Å². The molecule has 0 saturated heterocycles. The summed E-state index contributed by atoms with van der Waals surface area (Å²) in [6, 6.07) is 27.8. The van der Waals surface area contributed by atoms with Crippen LogP contribution in [0.2, 0.25) is 0 Å². The first kappa shape index (κ1) is 44.3. The molecule has 0 bridgehead atoms. The van der Waals surface area contributed by atoms with Crippen LogP contribution < -0.4 is 9.47 Å². The van der Waals surface area contributed by atoms with Gasteiger partial charge in [0, 0.05) is 0 Å². The Morgan fingerprint density at radius 3 is 0.982 bits per heavy atom. The molecule has 4 aromatic rings. The largest absolute Gasteiger partial charge is 0.494 e. The van der Waals surface area contributed by atoms with E-state index in [1.165, 1.54) is 25.7 Å². The summed E-state index contributed by atoms with van der Waals surface area (Å²) in [5.74, 6) is 1.81. The molecule has 4 aromatic carbocycles. The van der Waals surface area contributed by atoms with Gasteiger partial charge in [-0.25, -0.2) is 16.8 Å². The van der Waals surface area contributed by atoms with Crippen LogP contribution in [0.3, 0.4) is 0 Å². The molecule has 56 heavy (non-hydrogen) atoms. The third-order valence-corrected chi connectivity index (χ3v) is 12.9. The molecule has 4 rings (SSSR count). The quantitative estimate of drug-likeness (QED) is 0.0435. The van der Waals surface area contributed by atoms with Crippen molar-refractivity contribution in [1.82, 2.24) is 0 Å². The molecule has 0 aliphatic rings. The van der Waals surface area contributed by atoms with E-state index in [4.69, 9.17) is 9.47 Å². The Morgan fingerprint density at radius 2 is 0.661 bits per heavy atom. The van der Waals surface area contributed by atoms with Crippen LogP contribution in [0, 0.1) is 0 Å². The Bertz CT molecular complexity index is 1840. The van der Waals surface area contributed by atoms with E-state index in [0.29, 0.717) is 58.6 Å². The average Bonchev–Trinajstić information content (AvgIpc) is 3.21. The van der Waals surface area contributed by atoms with Crippen molar-refractivity contribution in [2.45, 2.75) is 114 Å². The van der Waals surface area contributed by atoms with E-state index in [2.05, 4.69) is 34.3 Å². The highest BCUT2D eigenvalue weighted by molar-refractivity contribution is 7.91. The Balaban J connectivity index is 1.10. The highest BCUT2D eigenvalue weighted by atomic mass is 32.2. The zero-order chi connectivity index (χ0) is 39.9. The SMILES string of the molecule is CCCCCCCCS(=O)(=O)c1ccc(N=Nc2ccc(OCCCCOc3ccc(N=Nc4ccc(S(=O)(=O)CCCCCCCC)cc4)cc3)cc2)cc1. The number of nitrogens with zero attached hydrogens (tertiary/aromatic N) is 4. The van der Waals surface area contributed by atoms with Crippen molar-refractivity contribution in [2.24, 2.45) is 20.5 Å². The van der Waals surface area contributed by atoms with Gasteiger partial charge in [0.15, 0.2) is 19.7 Å². The number of unbranched alkanes of at least 4 members (excludes halogenated alkanes) is 11.